The number of aliphatic hydroxyl groups excluding tert-OH is 1. The molecule has 1 heterocycles. The molecule has 0 amide bonds. The number of nitrogens with two attached hydrogens (primary N) is 1. The molecule has 2 unspecified atom stereocenters. The van der Waals surface area contributed by atoms with Gasteiger partial charge < -0.3 is 10.8 Å². The van der Waals surface area contributed by atoms with E-state index in [0.717, 1.165) is 11.1 Å². The van der Waals surface area contributed by atoms with E-state index in [2.05, 4.69) is 4.98 Å². The van der Waals surface area contributed by atoms with E-state index in [4.69, 9.17) is 5.73 Å². The number of halogens is 1. The van der Waals surface area contributed by atoms with Crippen LogP contribution in [0.15, 0.2) is 42.7 Å². The van der Waals surface area contributed by atoms with Crippen molar-refractivity contribution >= 4 is 0 Å². The molecule has 4 heteroatoms. The SMILES string of the molecule is Cc1ccc(C(O)C(CN)c2cccnc2)c(F)c1. The second-order valence-corrected chi connectivity index (χ2v) is 4.60. The molecule has 0 aliphatic heterocycles. The van der Waals surface area contributed by atoms with Crippen molar-refractivity contribution in [2.75, 3.05) is 6.54 Å². The van der Waals surface area contributed by atoms with Crippen LogP contribution in [0.25, 0.3) is 0 Å². The molecule has 2 aromatic rings. The Labute approximate surface area is 111 Å². The van der Waals surface area contributed by atoms with Gasteiger partial charge in [-0.2, -0.15) is 0 Å². The van der Waals surface area contributed by atoms with Gasteiger partial charge in [0, 0.05) is 30.4 Å². The summed E-state index contributed by atoms with van der Waals surface area (Å²) in [6, 6.07) is 8.40. The van der Waals surface area contributed by atoms with Crippen molar-refractivity contribution in [3.05, 3.63) is 65.2 Å². The Morgan fingerprint density at radius 3 is 2.74 bits per heavy atom. The highest BCUT2D eigenvalue weighted by molar-refractivity contribution is 5.29. The van der Waals surface area contributed by atoms with Gasteiger partial charge >= 0.3 is 0 Å². The molecule has 19 heavy (non-hydrogen) atoms. The molecule has 0 aliphatic rings. The molecule has 3 N–H and O–H groups in total. The van der Waals surface area contributed by atoms with Crippen molar-refractivity contribution in [3.63, 3.8) is 0 Å². The summed E-state index contributed by atoms with van der Waals surface area (Å²) in [5, 5.41) is 10.4. The van der Waals surface area contributed by atoms with Crippen LogP contribution in [0.1, 0.15) is 28.7 Å². The van der Waals surface area contributed by atoms with Crippen LogP contribution in [-0.4, -0.2) is 16.6 Å². The van der Waals surface area contributed by atoms with E-state index in [-0.39, 0.29) is 18.0 Å². The van der Waals surface area contributed by atoms with Crippen LogP contribution >= 0.6 is 0 Å². The first-order valence-corrected chi connectivity index (χ1v) is 6.17. The highest BCUT2D eigenvalue weighted by Crippen LogP contribution is 2.31. The standard InChI is InChI=1S/C15H17FN2O/c1-10-4-5-12(14(16)7-10)15(19)13(8-17)11-3-2-6-18-9-11/h2-7,9,13,15,19H,8,17H2,1H3. The summed E-state index contributed by atoms with van der Waals surface area (Å²) in [5.41, 5.74) is 7.60. The van der Waals surface area contributed by atoms with Crippen LogP contribution in [0.5, 0.6) is 0 Å². The Hall–Kier alpha value is -1.78. The van der Waals surface area contributed by atoms with Crippen molar-refractivity contribution in [3.8, 4) is 0 Å². The molecule has 100 valence electrons. The van der Waals surface area contributed by atoms with Gasteiger partial charge in [0.15, 0.2) is 0 Å². The van der Waals surface area contributed by atoms with E-state index < -0.39 is 11.9 Å². The molecule has 1 aromatic carbocycles. The van der Waals surface area contributed by atoms with E-state index in [9.17, 15) is 9.50 Å². The molecule has 0 aliphatic carbocycles. The van der Waals surface area contributed by atoms with Gasteiger partial charge in [0.1, 0.15) is 5.82 Å². The summed E-state index contributed by atoms with van der Waals surface area (Å²) in [7, 11) is 0. The third-order valence-electron chi connectivity index (χ3n) is 3.22. The van der Waals surface area contributed by atoms with Crippen LogP contribution < -0.4 is 5.73 Å². The van der Waals surface area contributed by atoms with Gasteiger partial charge in [0.2, 0.25) is 0 Å². The number of hydrogen-bond donors (Lipinski definition) is 2. The summed E-state index contributed by atoms with van der Waals surface area (Å²) in [4.78, 5) is 4.01. The minimum Gasteiger partial charge on any atom is -0.388 e. The van der Waals surface area contributed by atoms with E-state index in [0.29, 0.717) is 0 Å². The molecule has 2 rings (SSSR count). The highest BCUT2D eigenvalue weighted by Gasteiger charge is 2.24. The fourth-order valence-electron chi connectivity index (χ4n) is 2.13. The van der Waals surface area contributed by atoms with E-state index in [1.165, 1.54) is 6.07 Å². The summed E-state index contributed by atoms with van der Waals surface area (Å²) in [5.74, 6) is -0.777. The topological polar surface area (TPSA) is 59.1 Å². The van der Waals surface area contributed by atoms with Crippen LogP contribution in [0.4, 0.5) is 4.39 Å². The number of aliphatic hydroxyl groups is 1. The maximum Gasteiger partial charge on any atom is 0.129 e. The van der Waals surface area contributed by atoms with Gasteiger partial charge in [0.05, 0.1) is 6.10 Å². The average molecular weight is 260 g/mol. The number of aryl methyl sites for hydroxylation is 1. The molecule has 0 spiro atoms. The zero-order chi connectivity index (χ0) is 13.8. The van der Waals surface area contributed by atoms with E-state index in [1.807, 2.05) is 6.07 Å². The lowest BCUT2D eigenvalue weighted by molar-refractivity contribution is 0.143. The predicted molar refractivity (Wildman–Crippen MR) is 72.1 cm³/mol. The normalized spacial score (nSPS) is 14.1. The third-order valence-corrected chi connectivity index (χ3v) is 3.22. The fourth-order valence-corrected chi connectivity index (χ4v) is 2.13. The minimum atomic E-state index is -0.977. The van der Waals surface area contributed by atoms with Crippen LogP contribution in [0.2, 0.25) is 0 Å². The Kier molecular flexibility index (Phi) is 4.24. The van der Waals surface area contributed by atoms with Gasteiger partial charge in [0.25, 0.3) is 0 Å². The Balaban J connectivity index is 2.33. The van der Waals surface area contributed by atoms with Gasteiger partial charge in [-0.25, -0.2) is 4.39 Å². The molecule has 3 nitrogen and oxygen atoms in total. The molecule has 0 bridgehead atoms. The number of pyridine rings is 1. The van der Waals surface area contributed by atoms with Crippen molar-refractivity contribution < 1.29 is 9.50 Å². The minimum absolute atomic E-state index is 0.222. The molecule has 0 saturated carbocycles. The van der Waals surface area contributed by atoms with Crippen molar-refractivity contribution in [1.29, 1.82) is 0 Å². The summed E-state index contributed by atoms with van der Waals surface area (Å²) in [6.45, 7) is 2.03. The molecule has 0 fully saturated rings. The first-order chi connectivity index (χ1) is 9.13. The second kappa shape index (κ2) is 5.91. The number of aromatic nitrogens is 1. The van der Waals surface area contributed by atoms with Crippen molar-refractivity contribution in [2.24, 2.45) is 5.73 Å². The Morgan fingerprint density at radius 1 is 1.37 bits per heavy atom. The maximum atomic E-state index is 13.9. The largest absolute Gasteiger partial charge is 0.388 e. The number of nitrogens with zero attached hydrogens (tertiary/aromatic N) is 1. The number of benzene rings is 1. The fraction of sp³-hybridized carbons (Fsp3) is 0.267. The second-order valence-electron chi connectivity index (χ2n) is 4.60. The number of hydrogen-bond acceptors (Lipinski definition) is 3. The van der Waals surface area contributed by atoms with Gasteiger partial charge in [-0.3, -0.25) is 4.98 Å². The predicted octanol–water partition coefficient (Wildman–Crippen LogP) is 2.31. The lowest BCUT2D eigenvalue weighted by atomic mass is 9.89. The van der Waals surface area contributed by atoms with Gasteiger partial charge in [-0.1, -0.05) is 18.2 Å². The summed E-state index contributed by atoms with van der Waals surface area (Å²) < 4.78 is 13.9. The van der Waals surface area contributed by atoms with Crippen LogP contribution in [-0.2, 0) is 0 Å². The summed E-state index contributed by atoms with van der Waals surface area (Å²) >= 11 is 0. The molecular formula is C15H17FN2O. The van der Waals surface area contributed by atoms with Crippen LogP contribution in [0.3, 0.4) is 0 Å². The van der Waals surface area contributed by atoms with Crippen molar-refractivity contribution in [2.45, 2.75) is 18.9 Å². The monoisotopic (exact) mass is 260 g/mol. The maximum absolute atomic E-state index is 13.9. The molecule has 1 aromatic heterocycles. The zero-order valence-corrected chi connectivity index (χ0v) is 10.8. The van der Waals surface area contributed by atoms with Crippen LogP contribution in [0, 0.1) is 12.7 Å². The third kappa shape index (κ3) is 2.97. The van der Waals surface area contributed by atoms with Crippen molar-refractivity contribution in [1.82, 2.24) is 4.98 Å². The lowest BCUT2D eigenvalue weighted by Gasteiger charge is -2.22. The molecule has 0 radical (unpaired) electrons. The lowest BCUT2D eigenvalue weighted by Crippen LogP contribution is -2.21. The Morgan fingerprint density at radius 2 is 2.16 bits per heavy atom. The van der Waals surface area contributed by atoms with Gasteiger partial charge in [-0.15, -0.1) is 0 Å². The zero-order valence-electron chi connectivity index (χ0n) is 10.8. The smallest absolute Gasteiger partial charge is 0.129 e. The van der Waals surface area contributed by atoms with E-state index in [1.54, 1.807) is 37.5 Å². The molecule has 2 atom stereocenters. The first kappa shape index (κ1) is 13.6. The highest BCUT2D eigenvalue weighted by atomic mass is 19.1. The number of rotatable bonds is 4. The molecular weight excluding hydrogens is 243 g/mol. The first-order valence-electron chi connectivity index (χ1n) is 6.17. The summed E-state index contributed by atoms with van der Waals surface area (Å²) in [6.07, 6.45) is 2.32. The van der Waals surface area contributed by atoms with Gasteiger partial charge in [-0.05, 0) is 30.2 Å². The Bertz CT molecular complexity index is 545. The average Bonchev–Trinajstić information content (AvgIpc) is 2.40. The van der Waals surface area contributed by atoms with E-state index >= 15 is 0 Å². The molecule has 0 saturated heterocycles. The quantitative estimate of drug-likeness (QED) is 0.886.